The molecule has 0 bridgehead atoms. The summed E-state index contributed by atoms with van der Waals surface area (Å²) >= 11 is 0. The van der Waals surface area contributed by atoms with E-state index in [0.717, 1.165) is 0 Å². The van der Waals surface area contributed by atoms with E-state index in [1.807, 2.05) is 0 Å². The second kappa shape index (κ2) is 108. The summed E-state index contributed by atoms with van der Waals surface area (Å²) in [5.41, 5.74) is 0. The summed E-state index contributed by atoms with van der Waals surface area (Å²) in [6.45, 7) is 0. The average molecular weight is 130 g/mol. The zero-order chi connectivity index (χ0) is 0. The van der Waals surface area contributed by atoms with Crippen LogP contribution in [0.15, 0.2) is 0 Å². The van der Waals surface area contributed by atoms with Gasteiger partial charge in [0.25, 0.3) is 0 Å². The Hall–Kier alpha value is 0.433. The summed E-state index contributed by atoms with van der Waals surface area (Å²) in [7, 11) is 0. The van der Waals surface area contributed by atoms with Crippen LogP contribution < -0.4 is 0 Å². The fourth-order valence-corrected chi connectivity index (χ4v) is 0. The van der Waals surface area contributed by atoms with Gasteiger partial charge in [-0.1, -0.05) is 7.43 Å². The Morgan fingerprint density at radius 1 is 1.00 bits per heavy atom. The third-order valence-corrected chi connectivity index (χ3v) is 0. The van der Waals surface area contributed by atoms with Crippen LogP contribution in [0.3, 0.4) is 0 Å². The van der Waals surface area contributed by atoms with E-state index in [4.69, 9.17) is 0 Å². The van der Waals surface area contributed by atoms with Crippen LogP contribution in [0.1, 0.15) is 7.43 Å². The van der Waals surface area contributed by atoms with Gasteiger partial charge in [0.15, 0.2) is 0 Å². The first-order valence-electron chi connectivity index (χ1n) is 0. The topological polar surface area (TPSA) is 31.5 Å². The first-order chi connectivity index (χ1) is 0. The van der Waals surface area contributed by atoms with Crippen molar-refractivity contribution in [2.75, 3.05) is 0 Å². The Morgan fingerprint density at radius 2 is 1.00 bits per heavy atom. The fourth-order valence-electron chi connectivity index (χ4n) is 0. The van der Waals surface area contributed by atoms with E-state index >= 15 is 0 Å². The van der Waals surface area contributed by atoms with Gasteiger partial charge in [-0.05, 0) is 0 Å². The minimum atomic E-state index is 0. The fraction of sp³-hybridized carbons (Fsp3) is 1.00. The minimum absolute atomic E-state index is 0. The Bertz CT molecular complexity index is 8.00. The molecule has 1 nitrogen and oxygen atoms in total. The molecule has 0 unspecified atom stereocenters. The molecule has 0 fully saturated rings. The van der Waals surface area contributed by atoms with Crippen LogP contribution in [0.2, 0.25) is 0 Å². The van der Waals surface area contributed by atoms with Crippen LogP contribution in [0.4, 0.5) is 4.70 Å². The van der Waals surface area contributed by atoms with Crippen molar-refractivity contribution >= 4 is 17.6 Å². The van der Waals surface area contributed by atoms with Crippen LogP contribution >= 0.6 is 0 Å². The van der Waals surface area contributed by atoms with Gasteiger partial charge in [-0.2, -0.15) is 0 Å². The summed E-state index contributed by atoms with van der Waals surface area (Å²) < 4.78 is 0. The Balaban J connectivity index is 0. The van der Waals surface area contributed by atoms with E-state index < -0.39 is 0 Å². The van der Waals surface area contributed by atoms with Crippen LogP contribution in [-0.2, 0) is 0 Å². The van der Waals surface area contributed by atoms with Gasteiger partial charge < -0.3 is 5.48 Å². The van der Waals surface area contributed by atoms with Crippen molar-refractivity contribution in [3.63, 3.8) is 0 Å². The summed E-state index contributed by atoms with van der Waals surface area (Å²) in [5, 5.41) is 0. The second-order valence-electron chi connectivity index (χ2n) is 0. The maximum absolute atomic E-state index is 0. The standard InChI is InChI=1S/CH4.F.GeH4.H2O/h1H4;;1H4;1H2. The van der Waals surface area contributed by atoms with Crippen molar-refractivity contribution in [3.8, 4) is 0 Å². The Morgan fingerprint density at radius 3 is 1.00 bits per heavy atom. The molecule has 0 rings (SSSR count). The molecule has 0 spiro atoms. The molecule has 0 saturated heterocycles. The van der Waals surface area contributed by atoms with Crippen molar-refractivity contribution < 1.29 is 10.2 Å². The molecule has 0 heterocycles. The van der Waals surface area contributed by atoms with Gasteiger partial charge in [0.1, 0.15) is 0 Å². The molecule has 0 aliphatic rings. The molecule has 31 valence electrons. The van der Waals surface area contributed by atoms with E-state index in [9.17, 15) is 0 Å². The average Bonchev–Trinajstić information content (AvgIpc) is 0. The Kier molecular flexibility index (Phi) is 7560. The van der Waals surface area contributed by atoms with Gasteiger partial charge in [0, 0.05) is 4.70 Å². The van der Waals surface area contributed by atoms with Gasteiger partial charge in [0.05, 0.1) is 0 Å². The molecule has 0 amide bonds. The monoisotopic (exact) mass is 131 g/mol. The molecule has 0 aromatic heterocycles. The molecule has 3 heteroatoms. The number of hydrogen-bond acceptors (Lipinski definition) is 0. The third kappa shape index (κ3) is 26.7. The molecule has 0 saturated carbocycles. The van der Waals surface area contributed by atoms with Crippen LogP contribution in [0, 0.1) is 0 Å². The van der Waals surface area contributed by atoms with Gasteiger partial charge >= 0.3 is 17.6 Å². The van der Waals surface area contributed by atoms with E-state index in [1.54, 1.807) is 0 Å². The molecule has 0 aromatic carbocycles. The van der Waals surface area contributed by atoms with Crippen molar-refractivity contribution in [3.05, 3.63) is 0 Å². The van der Waals surface area contributed by atoms with E-state index in [0.29, 0.717) is 0 Å². The first kappa shape index (κ1) is 279. The molecule has 0 aliphatic heterocycles. The molecular formula is CH10FGeO. The van der Waals surface area contributed by atoms with Gasteiger partial charge in [-0.15, -0.1) is 0 Å². The summed E-state index contributed by atoms with van der Waals surface area (Å²) in [4.78, 5) is 0. The molecule has 0 aliphatic carbocycles. The van der Waals surface area contributed by atoms with Crippen molar-refractivity contribution in [1.29, 1.82) is 0 Å². The SMILES string of the molecule is C.O.[F].[GeH4]. The molecular weight excluding hydrogens is 120 g/mol. The normalized spacial score (nSPS) is 0. The van der Waals surface area contributed by atoms with Gasteiger partial charge in [0.2, 0.25) is 0 Å². The Labute approximate surface area is 36.0 Å². The summed E-state index contributed by atoms with van der Waals surface area (Å²) in [6, 6.07) is 0. The summed E-state index contributed by atoms with van der Waals surface area (Å²) in [5.74, 6) is 0. The molecule has 1 radical (unpaired) electrons. The van der Waals surface area contributed by atoms with Crippen molar-refractivity contribution in [2.45, 2.75) is 7.43 Å². The van der Waals surface area contributed by atoms with Gasteiger partial charge in [-0.3, -0.25) is 0 Å². The third-order valence-electron chi connectivity index (χ3n) is 0. The zero-order valence-electron chi connectivity index (χ0n) is 0.878. The zero-order valence-corrected chi connectivity index (χ0v) is 0.878. The number of hydrogen-bond donors (Lipinski definition) is 0. The molecule has 4 heavy (non-hydrogen) atoms. The second-order valence-corrected chi connectivity index (χ2v) is 0. The number of halogens is 1. The van der Waals surface area contributed by atoms with Gasteiger partial charge in [-0.25, -0.2) is 0 Å². The van der Waals surface area contributed by atoms with E-state index in [-0.39, 0.29) is 35.2 Å². The first-order valence-corrected chi connectivity index (χ1v) is 0. The summed E-state index contributed by atoms with van der Waals surface area (Å²) in [6.07, 6.45) is 0. The van der Waals surface area contributed by atoms with E-state index in [1.165, 1.54) is 0 Å². The maximum atomic E-state index is 0. The number of rotatable bonds is 0. The van der Waals surface area contributed by atoms with Crippen molar-refractivity contribution in [1.82, 2.24) is 0 Å². The van der Waals surface area contributed by atoms with Crippen LogP contribution in [-0.4, -0.2) is 23.1 Å². The predicted octanol–water partition coefficient (Wildman–Crippen LogP) is -1.22. The quantitative estimate of drug-likeness (QED) is 0.368. The predicted molar refractivity (Wildman–Crippen MR) is 22.8 cm³/mol. The van der Waals surface area contributed by atoms with Crippen LogP contribution in [0.5, 0.6) is 0 Å². The molecule has 0 aromatic rings. The van der Waals surface area contributed by atoms with Crippen molar-refractivity contribution in [2.24, 2.45) is 0 Å². The van der Waals surface area contributed by atoms with Crippen LogP contribution in [0.25, 0.3) is 0 Å². The molecule has 0 atom stereocenters. The molecule has 2 N–H and O–H groups in total. The van der Waals surface area contributed by atoms with E-state index in [2.05, 4.69) is 0 Å².